The minimum Gasteiger partial charge on any atom is -0.396 e. The summed E-state index contributed by atoms with van der Waals surface area (Å²) >= 11 is 0. The van der Waals surface area contributed by atoms with Crippen molar-refractivity contribution in [2.24, 2.45) is 0 Å². The van der Waals surface area contributed by atoms with Crippen molar-refractivity contribution < 1.29 is 9.63 Å². The Hall–Kier alpha value is -1.82. The highest BCUT2D eigenvalue weighted by molar-refractivity contribution is 5.40. The van der Waals surface area contributed by atoms with Crippen molar-refractivity contribution >= 4 is 0 Å². The Morgan fingerprint density at radius 2 is 1.94 bits per heavy atom. The largest absolute Gasteiger partial charge is 0.396 e. The van der Waals surface area contributed by atoms with Gasteiger partial charge in [-0.3, -0.25) is 0 Å². The zero-order valence-electron chi connectivity index (χ0n) is 9.63. The van der Waals surface area contributed by atoms with E-state index >= 15 is 0 Å². The van der Waals surface area contributed by atoms with Crippen LogP contribution >= 0.6 is 0 Å². The molecule has 90 valence electrons. The van der Waals surface area contributed by atoms with Crippen LogP contribution in [-0.4, -0.2) is 31.8 Å². The summed E-state index contributed by atoms with van der Waals surface area (Å²) in [7, 11) is 0. The first-order chi connectivity index (χ1) is 8.29. The van der Waals surface area contributed by atoms with E-state index in [4.69, 9.17) is 9.63 Å². The summed E-state index contributed by atoms with van der Waals surface area (Å²) in [6.45, 7) is 2.10. The molecule has 0 saturated heterocycles. The quantitative estimate of drug-likeness (QED) is 0.781. The number of aromatic nitrogens is 4. The standard InChI is InChI=1S/C11H14N4O2/c1-8-6-12-10(13-7-8)11-14-9(17-15-11)4-2-3-5-16/h6-7,16H,2-5H2,1H3. The highest BCUT2D eigenvalue weighted by Gasteiger charge is 2.10. The predicted molar refractivity (Wildman–Crippen MR) is 60.1 cm³/mol. The summed E-state index contributed by atoms with van der Waals surface area (Å²) in [5, 5.41) is 12.5. The van der Waals surface area contributed by atoms with E-state index in [1.807, 2.05) is 6.92 Å². The summed E-state index contributed by atoms with van der Waals surface area (Å²) in [6, 6.07) is 0. The predicted octanol–water partition coefficient (Wildman–Crippen LogP) is 1.15. The smallest absolute Gasteiger partial charge is 0.240 e. The first-order valence-corrected chi connectivity index (χ1v) is 5.52. The van der Waals surface area contributed by atoms with Crippen molar-refractivity contribution in [1.29, 1.82) is 0 Å². The molecule has 2 aromatic rings. The van der Waals surface area contributed by atoms with Crippen LogP contribution < -0.4 is 0 Å². The van der Waals surface area contributed by atoms with E-state index in [1.54, 1.807) is 12.4 Å². The maximum atomic E-state index is 8.67. The molecule has 0 aliphatic rings. The highest BCUT2D eigenvalue weighted by Crippen LogP contribution is 2.11. The molecule has 0 atom stereocenters. The number of aryl methyl sites for hydroxylation is 2. The lowest BCUT2D eigenvalue weighted by molar-refractivity contribution is 0.281. The van der Waals surface area contributed by atoms with Crippen molar-refractivity contribution in [3.05, 3.63) is 23.8 Å². The number of aliphatic hydroxyl groups is 1. The molecule has 0 aliphatic carbocycles. The van der Waals surface area contributed by atoms with Gasteiger partial charge in [-0.15, -0.1) is 0 Å². The lowest BCUT2D eigenvalue weighted by atomic mass is 10.2. The number of hydrogen-bond acceptors (Lipinski definition) is 6. The lowest BCUT2D eigenvalue weighted by Gasteiger charge is -1.93. The third kappa shape index (κ3) is 3.07. The summed E-state index contributed by atoms with van der Waals surface area (Å²) in [5.41, 5.74) is 0.986. The van der Waals surface area contributed by atoms with Gasteiger partial charge in [0.05, 0.1) is 0 Å². The SMILES string of the molecule is Cc1cnc(-c2noc(CCCCO)n2)nc1. The van der Waals surface area contributed by atoms with Gasteiger partial charge >= 0.3 is 0 Å². The van der Waals surface area contributed by atoms with Crippen LogP contribution in [0.1, 0.15) is 24.3 Å². The van der Waals surface area contributed by atoms with E-state index in [2.05, 4.69) is 20.1 Å². The second-order valence-corrected chi connectivity index (χ2v) is 3.78. The Bertz CT molecular complexity index is 467. The van der Waals surface area contributed by atoms with Gasteiger partial charge in [0.1, 0.15) is 0 Å². The molecule has 2 rings (SSSR count). The third-order valence-corrected chi connectivity index (χ3v) is 2.25. The average Bonchev–Trinajstić information content (AvgIpc) is 2.79. The Kier molecular flexibility index (Phi) is 3.77. The van der Waals surface area contributed by atoms with E-state index in [-0.39, 0.29) is 6.61 Å². The fourth-order valence-corrected chi connectivity index (χ4v) is 1.34. The van der Waals surface area contributed by atoms with E-state index in [1.165, 1.54) is 0 Å². The van der Waals surface area contributed by atoms with E-state index in [9.17, 15) is 0 Å². The van der Waals surface area contributed by atoms with Gasteiger partial charge in [0, 0.05) is 25.4 Å². The van der Waals surface area contributed by atoms with Gasteiger partial charge in [-0.05, 0) is 25.3 Å². The Morgan fingerprint density at radius 1 is 1.18 bits per heavy atom. The second kappa shape index (κ2) is 5.49. The van der Waals surface area contributed by atoms with Gasteiger partial charge < -0.3 is 9.63 Å². The summed E-state index contributed by atoms with van der Waals surface area (Å²) in [5.74, 6) is 1.43. The summed E-state index contributed by atoms with van der Waals surface area (Å²) in [4.78, 5) is 12.4. The Morgan fingerprint density at radius 3 is 2.65 bits per heavy atom. The van der Waals surface area contributed by atoms with Crippen molar-refractivity contribution in [2.45, 2.75) is 26.2 Å². The molecule has 6 heteroatoms. The highest BCUT2D eigenvalue weighted by atomic mass is 16.5. The zero-order valence-corrected chi connectivity index (χ0v) is 9.63. The Balaban J connectivity index is 2.04. The first-order valence-electron chi connectivity index (χ1n) is 5.52. The number of hydrogen-bond donors (Lipinski definition) is 1. The van der Waals surface area contributed by atoms with E-state index < -0.39 is 0 Å². The molecule has 0 radical (unpaired) electrons. The molecule has 0 fully saturated rings. The molecule has 2 heterocycles. The maximum absolute atomic E-state index is 8.67. The van der Waals surface area contributed by atoms with Gasteiger partial charge in [0.2, 0.25) is 17.5 Å². The molecule has 1 N–H and O–H groups in total. The van der Waals surface area contributed by atoms with Crippen molar-refractivity contribution in [3.63, 3.8) is 0 Å². The summed E-state index contributed by atoms with van der Waals surface area (Å²) < 4.78 is 5.07. The molecule has 0 aromatic carbocycles. The molecular formula is C11H14N4O2. The van der Waals surface area contributed by atoms with Crippen LogP contribution in [0.2, 0.25) is 0 Å². The lowest BCUT2D eigenvalue weighted by Crippen LogP contribution is -1.92. The van der Waals surface area contributed by atoms with Gasteiger partial charge in [0.15, 0.2) is 0 Å². The third-order valence-electron chi connectivity index (χ3n) is 2.25. The van der Waals surface area contributed by atoms with Gasteiger partial charge in [-0.2, -0.15) is 4.98 Å². The van der Waals surface area contributed by atoms with Crippen molar-refractivity contribution in [3.8, 4) is 11.6 Å². The fraction of sp³-hybridized carbons (Fsp3) is 0.455. The number of nitrogens with zero attached hydrogens (tertiary/aromatic N) is 4. The topological polar surface area (TPSA) is 84.9 Å². The number of rotatable bonds is 5. The van der Waals surface area contributed by atoms with Crippen molar-refractivity contribution in [1.82, 2.24) is 20.1 Å². The van der Waals surface area contributed by atoms with Crippen LogP contribution in [0.5, 0.6) is 0 Å². The molecule has 6 nitrogen and oxygen atoms in total. The molecule has 2 aromatic heterocycles. The zero-order chi connectivity index (χ0) is 12.1. The molecule has 0 amide bonds. The molecule has 0 bridgehead atoms. The molecule has 17 heavy (non-hydrogen) atoms. The van der Waals surface area contributed by atoms with Crippen LogP contribution in [0.4, 0.5) is 0 Å². The maximum Gasteiger partial charge on any atom is 0.240 e. The number of aliphatic hydroxyl groups excluding tert-OH is 1. The van der Waals surface area contributed by atoms with Crippen molar-refractivity contribution in [2.75, 3.05) is 6.61 Å². The summed E-state index contributed by atoms with van der Waals surface area (Å²) in [6.07, 6.45) is 5.65. The van der Waals surface area contributed by atoms with Gasteiger partial charge in [0.25, 0.3) is 0 Å². The van der Waals surface area contributed by atoms with Crippen LogP contribution in [0.3, 0.4) is 0 Å². The van der Waals surface area contributed by atoms with Crippen LogP contribution in [0.15, 0.2) is 16.9 Å². The molecule has 0 unspecified atom stereocenters. The average molecular weight is 234 g/mol. The van der Waals surface area contributed by atoms with Crippen LogP contribution in [-0.2, 0) is 6.42 Å². The van der Waals surface area contributed by atoms with E-state index in [0.717, 1.165) is 18.4 Å². The molecule has 0 saturated carbocycles. The Labute approximate surface area is 98.7 Å². The monoisotopic (exact) mass is 234 g/mol. The van der Waals surface area contributed by atoms with E-state index in [0.29, 0.717) is 24.0 Å². The minimum absolute atomic E-state index is 0.183. The van der Waals surface area contributed by atoms with Crippen LogP contribution in [0.25, 0.3) is 11.6 Å². The molecule has 0 aliphatic heterocycles. The van der Waals surface area contributed by atoms with Gasteiger partial charge in [-0.25, -0.2) is 9.97 Å². The second-order valence-electron chi connectivity index (χ2n) is 3.78. The van der Waals surface area contributed by atoms with Gasteiger partial charge in [-0.1, -0.05) is 5.16 Å². The normalized spacial score (nSPS) is 10.7. The molecular weight excluding hydrogens is 220 g/mol. The number of unbranched alkanes of at least 4 members (excludes halogenated alkanes) is 1. The van der Waals surface area contributed by atoms with Crippen LogP contribution in [0, 0.1) is 6.92 Å². The fourth-order valence-electron chi connectivity index (χ4n) is 1.34. The molecule has 0 spiro atoms. The minimum atomic E-state index is 0.183. The first kappa shape index (κ1) is 11.7.